The second kappa shape index (κ2) is 6.08. The molecule has 27 heavy (non-hydrogen) atoms. The molecule has 138 valence electrons. The van der Waals surface area contributed by atoms with Crippen molar-refractivity contribution in [1.82, 2.24) is 24.8 Å². The summed E-state index contributed by atoms with van der Waals surface area (Å²) in [5.41, 5.74) is 0.408. The Labute approximate surface area is 149 Å². The fourth-order valence-electron chi connectivity index (χ4n) is 2.58. The van der Waals surface area contributed by atoms with E-state index in [0.717, 1.165) is 46.7 Å². The summed E-state index contributed by atoms with van der Waals surface area (Å²) in [7, 11) is 0. The predicted octanol–water partition coefficient (Wildman–Crippen LogP) is 3.92. The number of benzene rings is 1. The molecule has 0 fully saturated rings. The number of anilines is 2. The summed E-state index contributed by atoms with van der Waals surface area (Å²) in [5.74, 6) is -5.52. The molecule has 0 saturated heterocycles. The zero-order valence-electron chi connectivity index (χ0n) is 13.8. The van der Waals surface area contributed by atoms with Gasteiger partial charge in [-0.2, -0.15) is 13.9 Å². The van der Waals surface area contributed by atoms with Crippen LogP contribution in [0.25, 0.3) is 5.52 Å². The Morgan fingerprint density at radius 1 is 1.07 bits per heavy atom. The highest BCUT2D eigenvalue weighted by atomic mass is 19.3. The zero-order chi connectivity index (χ0) is 19.2. The van der Waals surface area contributed by atoms with Gasteiger partial charge in [-0.05, 0) is 31.2 Å². The smallest absolute Gasteiger partial charge is 0.322 e. The first kappa shape index (κ1) is 17.0. The van der Waals surface area contributed by atoms with Crippen molar-refractivity contribution in [1.29, 1.82) is 0 Å². The molecule has 2 N–H and O–H groups in total. The number of nitrogens with zero attached hydrogens (tertiary/aromatic N) is 4. The van der Waals surface area contributed by atoms with E-state index in [0.29, 0.717) is 5.82 Å². The van der Waals surface area contributed by atoms with Crippen LogP contribution in [0.5, 0.6) is 0 Å². The largest absolute Gasteiger partial charge is 0.333 e. The van der Waals surface area contributed by atoms with E-state index < -0.39 is 28.9 Å². The summed E-state index contributed by atoms with van der Waals surface area (Å²) in [6.07, 6.45) is 0.961. The first-order valence-electron chi connectivity index (χ1n) is 7.82. The quantitative estimate of drug-likeness (QED) is 0.530. The van der Waals surface area contributed by atoms with Crippen molar-refractivity contribution in [2.75, 3.05) is 5.32 Å². The topological polar surface area (TPSA) is 70.9 Å². The van der Waals surface area contributed by atoms with E-state index in [9.17, 15) is 17.6 Å². The van der Waals surface area contributed by atoms with Crippen LogP contribution in [0.15, 0.2) is 42.6 Å². The van der Waals surface area contributed by atoms with Gasteiger partial charge in [-0.3, -0.25) is 5.10 Å². The van der Waals surface area contributed by atoms with Gasteiger partial charge in [0.1, 0.15) is 17.2 Å². The van der Waals surface area contributed by atoms with Crippen molar-refractivity contribution in [3.8, 4) is 0 Å². The van der Waals surface area contributed by atoms with Gasteiger partial charge in [0.05, 0.1) is 6.20 Å². The van der Waals surface area contributed by atoms with Crippen molar-refractivity contribution >= 4 is 17.2 Å². The molecule has 10 heteroatoms. The summed E-state index contributed by atoms with van der Waals surface area (Å²) < 4.78 is 57.4. The fraction of sp³-hybridized carbons (Fsp3) is 0.118. The summed E-state index contributed by atoms with van der Waals surface area (Å²) in [4.78, 5) is 3.88. The Kier molecular flexibility index (Phi) is 3.83. The molecule has 4 rings (SSSR count). The normalized spacial score (nSPS) is 11.9. The highest BCUT2D eigenvalue weighted by Crippen LogP contribution is 2.35. The van der Waals surface area contributed by atoms with Crippen LogP contribution in [0, 0.1) is 18.6 Å². The number of alkyl halides is 2. The van der Waals surface area contributed by atoms with Gasteiger partial charge in [-0.1, -0.05) is 0 Å². The Balaban J connectivity index is 1.84. The monoisotopic (exact) mass is 376 g/mol. The highest BCUT2D eigenvalue weighted by molar-refractivity contribution is 5.72. The van der Waals surface area contributed by atoms with Gasteiger partial charge < -0.3 is 5.32 Å². The van der Waals surface area contributed by atoms with E-state index in [2.05, 4.69) is 25.6 Å². The predicted molar refractivity (Wildman–Crippen MR) is 88.9 cm³/mol. The molecule has 0 spiro atoms. The molecule has 0 amide bonds. The molecule has 1 aromatic carbocycles. The average Bonchev–Trinajstić information content (AvgIpc) is 3.20. The van der Waals surface area contributed by atoms with Crippen LogP contribution in [0.1, 0.15) is 17.1 Å². The minimum atomic E-state index is -3.62. The van der Waals surface area contributed by atoms with Crippen LogP contribution in [0.4, 0.5) is 29.2 Å². The molecule has 0 aliphatic heterocycles. The highest BCUT2D eigenvalue weighted by Gasteiger charge is 2.39. The fourth-order valence-corrected chi connectivity index (χ4v) is 2.58. The molecule has 0 radical (unpaired) electrons. The number of aromatic nitrogens is 5. The molecule has 0 aliphatic rings. The van der Waals surface area contributed by atoms with Crippen molar-refractivity contribution in [2.45, 2.75) is 12.8 Å². The Morgan fingerprint density at radius 3 is 2.48 bits per heavy atom. The lowest BCUT2D eigenvalue weighted by Gasteiger charge is -2.16. The van der Waals surface area contributed by atoms with E-state index >= 15 is 0 Å². The van der Waals surface area contributed by atoms with Crippen LogP contribution in [-0.4, -0.2) is 24.8 Å². The summed E-state index contributed by atoms with van der Waals surface area (Å²) in [6, 6.07) is 6.48. The van der Waals surface area contributed by atoms with E-state index in [-0.39, 0.29) is 11.3 Å². The molecule has 3 heterocycles. The SMILES string of the molecule is Cc1cc(Nc2nc(C(F)(F)c3ccc(F)cc3)nn3cc(F)cc23)n[nH]1. The van der Waals surface area contributed by atoms with Gasteiger partial charge >= 0.3 is 5.92 Å². The first-order valence-corrected chi connectivity index (χ1v) is 7.82. The lowest BCUT2D eigenvalue weighted by molar-refractivity contribution is 0.0315. The minimum Gasteiger partial charge on any atom is -0.322 e. The lowest BCUT2D eigenvalue weighted by atomic mass is 10.1. The number of hydrogen-bond acceptors (Lipinski definition) is 4. The molecule has 0 unspecified atom stereocenters. The van der Waals surface area contributed by atoms with Gasteiger partial charge in [0, 0.05) is 23.4 Å². The first-order chi connectivity index (χ1) is 12.8. The number of nitrogens with one attached hydrogen (secondary N) is 2. The maximum absolute atomic E-state index is 14.9. The van der Waals surface area contributed by atoms with Gasteiger partial charge in [0.25, 0.3) is 0 Å². The molecule has 0 saturated carbocycles. The zero-order valence-corrected chi connectivity index (χ0v) is 13.8. The van der Waals surface area contributed by atoms with Crippen molar-refractivity contribution in [3.05, 3.63) is 71.3 Å². The van der Waals surface area contributed by atoms with E-state index in [1.807, 2.05) is 0 Å². The van der Waals surface area contributed by atoms with Crippen LogP contribution in [-0.2, 0) is 5.92 Å². The number of halogens is 4. The van der Waals surface area contributed by atoms with Gasteiger partial charge in [0.15, 0.2) is 11.6 Å². The molecule has 0 aliphatic carbocycles. The number of aryl methyl sites for hydroxylation is 1. The molecular formula is C17H12F4N6. The maximum Gasteiger partial charge on any atom is 0.333 e. The number of H-pyrrole nitrogens is 1. The Hall–Kier alpha value is -3.43. The molecule has 0 bridgehead atoms. The third-order valence-corrected chi connectivity index (χ3v) is 3.87. The van der Waals surface area contributed by atoms with E-state index in [1.54, 1.807) is 13.0 Å². The van der Waals surface area contributed by atoms with Crippen molar-refractivity contribution < 1.29 is 17.6 Å². The van der Waals surface area contributed by atoms with Crippen LogP contribution in [0.3, 0.4) is 0 Å². The van der Waals surface area contributed by atoms with E-state index in [4.69, 9.17) is 0 Å². The van der Waals surface area contributed by atoms with Gasteiger partial charge in [-0.25, -0.2) is 18.3 Å². The molecule has 3 aromatic heterocycles. The minimum absolute atomic E-state index is 0.0443. The van der Waals surface area contributed by atoms with Crippen LogP contribution < -0.4 is 5.32 Å². The second-order valence-corrected chi connectivity index (χ2v) is 5.91. The van der Waals surface area contributed by atoms with Gasteiger partial charge in [-0.15, -0.1) is 5.10 Å². The lowest BCUT2D eigenvalue weighted by Crippen LogP contribution is -2.21. The average molecular weight is 376 g/mol. The summed E-state index contributed by atoms with van der Waals surface area (Å²) in [6.45, 7) is 1.76. The second-order valence-electron chi connectivity index (χ2n) is 5.91. The maximum atomic E-state index is 14.9. The van der Waals surface area contributed by atoms with E-state index in [1.165, 1.54) is 0 Å². The Bertz CT molecular complexity index is 1120. The van der Waals surface area contributed by atoms with Gasteiger partial charge in [0.2, 0.25) is 5.82 Å². The summed E-state index contributed by atoms with van der Waals surface area (Å²) >= 11 is 0. The molecular weight excluding hydrogens is 364 g/mol. The summed E-state index contributed by atoms with van der Waals surface area (Å²) in [5, 5.41) is 13.2. The Morgan fingerprint density at radius 2 is 1.81 bits per heavy atom. The third-order valence-electron chi connectivity index (χ3n) is 3.87. The number of aromatic amines is 1. The third kappa shape index (κ3) is 3.09. The van der Waals surface area contributed by atoms with Crippen molar-refractivity contribution in [2.24, 2.45) is 0 Å². The molecule has 4 aromatic rings. The number of hydrogen-bond donors (Lipinski definition) is 2. The number of rotatable bonds is 4. The number of fused-ring (bicyclic) bond motifs is 1. The molecule has 0 atom stereocenters. The molecule has 6 nitrogen and oxygen atoms in total. The van der Waals surface area contributed by atoms with Crippen LogP contribution in [0.2, 0.25) is 0 Å². The van der Waals surface area contributed by atoms with Crippen LogP contribution >= 0.6 is 0 Å². The standard InChI is InChI=1S/C17H12F4N6/c1-9-6-14(25-24-9)22-15-13-7-12(19)8-27(13)26-16(23-15)17(20,21)10-2-4-11(18)5-3-10/h2-8H,1H3,(H2,22,23,24,25,26). The van der Waals surface area contributed by atoms with Crippen molar-refractivity contribution in [3.63, 3.8) is 0 Å².